The van der Waals surface area contributed by atoms with Gasteiger partial charge in [0.15, 0.2) is 11.5 Å². The number of hydrogen-bond donors (Lipinski definition) is 0. The number of hydrogen-bond acceptors (Lipinski definition) is 5. The third-order valence-electron chi connectivity index (χ3n) is 5.14. The molecule has 3 aromatic rings. The molecule has 4 rings (SSSR count). The number of imide groups is 1. The first kappa shape index (κ1) is 26.7. The molecule has 0 N–H and O–H groups in total. The summed E-state index contributed by atoms with van der Waals surface area (Å²) in [5.41, 5.74) is 2.25. The fourth-order valence-electron chi connectivity index (χ4n) is 3.40. The molecule has 0 aromatic heterocycles. The van der Waals surface area contributed by atoms with Gasteiger partial charge in [0.1, 0.15) is 6.61 Å². The van der Waals surface area contributed by atoms with Crippen molar-refractivity contribution in [1.29, 1.82) is 0 Å². The minimum atomic E-state index is -0.381. The van der Waals surface area contributed by atoms with Crippen molar-refractivity contribution in [3.05, 3.63) is 96.3 Å². The monoisotopic (exact) mass is 581 g/mol. The van der Waals surface area contributed by atoms with Crippen LogP contribution in [0.4, 0.5) is 4.79 Å². The van der Waals surface area contributed by atoms with Gasteiger partial charge in [-0.25, -0.2) is 0 Å². The van der Waals surface area contributed by atoms with Crippen molar-refractivity contribution in [3.63, 3.8) is 0 Å². The second-order valence-electron chi connectivity index (χ2n) is 7.69. The Morgan fingerprint density at radius 2 is 1.47 bits per heavy atom. The highest BCUT2D eigenvalue weighted by Gasteiger charge is 2.35. The van der Waals surface area contributed by atoms with Crippen LogP contribution in [0, 0.1) is 0 Å². The lowest BCUT2D eigenvalue weighted by Crippen LogP contribution is -2.27. The van der Waals surface area contributed by atoms with Gasteiger partial charge < -0.3 is 9.47 Å². The van der Waals surface area contributed by atoms with Crippen LogP contribution < -0.4 is 9.47 Å². The number of carbonyl (C=O) groups is 2. The first-order valence-electron chi connectivity index (χ1n) is 10.8. The van der Waals surface area contributed by atoms with E-state index in [0.29, 0.717) is 54.2 Å². The second kappa shape index (κ2) is 11.8. The van der Waals surface area contributed by atoms with E-state index in [0.717, 1.165) is 17.3 Å². The van der Waals surface area contributed by atoms with Crippen molar-refractivity contribution in [2.24, 2.45) is 0 Å². The molecule has 0 radical (unpaired) electrons. The summed E-state index contributed by atoms with van der Waals surface area (Å²) < 4.78 is 11.7. The molecular formula is C26H19Cl4NO4S. The summed E-state index contributed by atoms with van der Waals surface area (Å²) in [6, 6.07) is 15.6. The molecule has 3 aromatic carbocycles. The van der Waals surface area contributed by atoms with E-state index in [-0.39, 0.29) is 24.3 Å². The lowest BCUT2D eigenvalue weighted by Gasteiger charge is -2.13. The Bertz CT molecular complexity index is 1360. The minimum absolute atomic E-state index is 0.102. The van der Waals surface area contributed by atoms with Crippen molar-refractivity contribution >= 4 is 75.4 Å². The van der Waals surface area contributed by atoms with Crippen LogP contribution in [0.15, 0.2) is 59.5 Å². The van der Waals surface area contributed by atoms with Gasteiger partial charge in [-0.1, -0.05) is 64.6 Å². The average Bonchev–Trinajstić information content (AvgIpc) is 3.10. The van der Waals surface area contributed by atoms with Gasteiger partial charge in [0.2, 0.25) is 0 Å². The van der Waals surface area contributed by atoms with E-state index >= 15 is 0 Å². The van der Waals surface area contributed by atoms with Crippen molar-refractivity contribution in [2.75, 3.05) is 6.61 Å². The smallest absolute Gasteiger partial charge is 0.293 e. The molecule has 0 saturated carbocycles. The summed E-state index contributed by atoms with van der Waals surface area (Å²) in [4.78, 5) is 27.0. The van der Waals surface area contributed by atoms with E-state index in [2.05, 4.69) is 0 Å². The molecule has 0 atom stereocenters. The van der Waals surface area contributed by atoms with Gasteiger partial charge in [-0.05, 0) is 77.9 Å². The summed E-state index contributed by atoms with van der Waals surface area (Å²) in [6.07, 6.45) is 1.66. The summed E-state index contributed by atoms with van der Waals surface area (Å²) in [5, 5.41) is 1.34. The molecule has 36 heavy (non-hydrogen) atoms. The fraction of sp³-hybridized carbons (Fsp3) is 0.154. The lowest BCUT2D eigenvalue weighted by molar-refractivity contribution is -0.123. The highest BCUT2D eigenvalue weighted by atomic mass is 35.5. The highest BCUT2D eigenvalue weighted by molar-refractivity contribution is 8.18. The van der Waals surface area contributed by atoms with E-state index in [1.807, 2.05) is 13.0 Å². The molecule has 0 unspecified atom stereocenters. The van der Waals surface area contributed by atoms with E-state index in [4.69, 9.17) is 55.9 Å². The number of carbonyl (C=O) groups excluding carboxylic acids is 2. The number of thioether (sulfide) groups is 1. The molecule has 0 bridgehead atoms. The zero-order valence-electron chi connectivity index (χ0n) is 18.9. The molecule has 1 heterocycles. The standard InChI is InChI=1S/C26H19Cl4NO4S/c1-2-34-23-11-15(5-8-22(23)35-14-17-4-7-19(28)21(30)10-17)12-24-25(32)31(26(33)36-24)13-16-3-6-18(27)20(29)9-16/h3-12H,2,13-14H2,1H3/b24-12-. The Balaban J connectivity index is 1.50. The number of halogens is 4. The molecule has 1 saturated heterocycles. The average molecular weight is 583 g/mol. The van der Waals surface area contributed by atoms with Crippen LogP contribution in [0.1, 0.15) is 23.6 Å². The topological polar surface area (TPSA) is 55.8 Å². The van der Waals surface area contributed by atoms with Gasteiger partial charge in [0.25, 0.3) is 11.1 Å². The normalized spacial score (nSPS) is 14.6. The molecule has 1 fully saturated rings. The van der Waals surface area contributed by atoms with Gasteiger partial charge in [0.05, 0.1) is 38.1 Å². The zero-order valence-corrected chi connectivity index (χ0v) is 22.7. The quantitative estimate of drug-likeness (QED) is 0.249. The first-order valence-corrected chi connectivity index (χ1v) is 13.1. The predicted octanol–water partition coefficient (Wildman–Crippen LogP) is 8.51. The van der Waals surface area contributed by atoms with Gasteiger partial charge in [-0.3, -0.25) is 14.5 Å². The number of nitrogens with zero attached hydrogens (tertiary/aromatic N) is 1. The number of rotatable bonds is 8. The van der Waals surface area contributed by atoms with Gasteiger partial charge in [-0.2, -0.15) is 0 Å². The number of ether oxygens (including phenoxy) is 2. The maximum Gasteiger partial charge on any atom is 0.293 e. The van der Waals surface area contributed by atoms with Crippen LogP contribution in [0.25, 0.3) is 6.08 Å². The molecule has 2 amide bonds. The van der Waals surface area contributed by atoms with Gasteiger partial charge >= 0.3 is 0 Å². The van der Waals surface area contributed by atoms with Crippen LogP contribution in [-0.2, 0) is 17.9 Å². The summed E-state index contributed by atoms with van der Waals surface area (Å²) in [7, 11) is 0. The summed E-state index contributed by atoms with van der Waals surface area (Å²) >= 11 is 25.0. The molecule has 10 heteroatoms. The maximum absolute atomic E-state index is 12.9. The van der Waals surface area contributed by atoms with Crippen LogP contribution in [-0.4, -0.2) is 22.7 Å². The molecule has 1 aliphatic rings. The summed E-state index contributed by atoms with van der Waals surface area (Å²) in [5.74, 6) is 0.670. The molecule has 5 nitrogen and oxygen atoms in total. The van der Waals surface area contributed by atoms with Crippen molar-refractivity contribution in [2.45, 2.75) is 20.1 Å². The number of amides is 2. The van der Waals surface area contributed by atoms with Crippen LogP contribution in [0.3, 0.4) is 0 Å². The zero-order chi connectivity index (χ0) is 25.8. The SMILES string of the molecule is CCOc1cc(/C=C2\SC(=O)N(Cc3ccc(Cl)c(Cl)c3)C2=O)ccc1OCc1ccc(Cl)c(Cl)c1. The Morgan fingerprint density at radius 3 is 2.14 bits per heavy atom. The van der Waals surface area contributed by atoms with Gasteiger partial charge in [0, 0.05) is 0 Å². The van der Waals surface area contributed by atoms with E-state index in [9.17, 15) is 9.59 Å². The van der Waals surface area contributed by atoms with Crippen LogP contribution in [0.2, 0.25) is 20.1 Å². The van der Waals surface area contributed by atoms with Crippen LogP contribution >= 0.6 is 58.2 Å². The van der Waals surface area contributed by atoms with E-state index in [1.165, 1.54) is 4.90 Å². The molecule has 1 aliphatic heterocycles. The van der Waals surface area contributed by atoms with Crippen molar-refractivity contribution < 1.29 is 19.1 Å². The molecule has 186 valence electrons. The third-order valence-corrected chi connectivity index (χ3v) is 7.53. The van der Waals surface area contributed by atoms with E-state index in [1.54, 1.807) is 54.6 Å². The minimum Gasteiger partial charge on any atom is -0.490 e. The summed E-state index contributed by atoms with van der Waals surface area (Å²) in [6.45, 7) is 2.66. The predicted molar refractivity (Wildman–Crippen MR) is 146 cm³/mol. The Morgan fingerprint density at radius 1 is 0.806 bits per heavy atom. The van der Waals surface area contributed by atoms with Crippen LogP contribution in [0.5, 0.6) is 11.5 Å². The van der Waals surface area contributed by atoms with Crippen molar-refractivity contribution in [1.82, 2.24) is 4.90 Å². The van der Waals surface area contributed by atoms with Gasteiger partial charge in [-0.15, -0.1) is 0 Å². The largest absolute Gasteiger partial charge is 0.490 e. The number of benzene rings is 3. The highest BCUT2D eigenvalue weighted by Crippen LogP contribution is 2.36. The second-order valence-corrected chi connectivity index (χ2v) is 10.3. The Labute approximate surface area is 232 Å². The Kier molecular flexibility index (Phi) is 8.75. The lowest BCUT2D eigenvalue weighted by atomic mass is 10.1. The Hall–Kier alpha value is -2.35. The molecule has 0 spiro atoms. The van der Waals surface area contributed by atoms with E-state index < -0.39 is 0 Å². The maximum atomic E-state index is 12.9. The third kappa shape index (κ3) is 6.31. The first-order chi connectivity index (χ1) is 17.2. The van der Waals surface area contributed by atoms with Crippen molar-refractivity contribution in [3.8, 4) is 11.5 Å². The molecular weight excluding hydrogens is 564 g/mol. The fourth-order valence-corrected chi connectivity index (χ4v) is 4.88. The molecule has 0 aliphatic carbocycles.